The Hall–Kier alpha value is -1.94. The standard InChI is InChI=1S/C9H10N6O2S2/c1-14(2)8-12-13-9(19-8)18-7-5(15(16)17)3-4-6(10)11-7/h3-4H,1-2H3,(H2,10,11). The summed E-state index contributed by atoms with van der Waals surface area (Å²) in [6, 6.07) is 2.73. The van der Waals surface area contributed by atoms with Crippen molar-refractivity contribution in [3.8, 4) is 0 Å². The summed E-state index contributed by atoms with van der Waals surface area (Å²) in [5.74, 6) is 0.227. The maximum atomic E-state index is 10.9. The molecular formula is C9H10N6O2S2. The van der Waals surface area contributed by atoms with Gasteiger partial charge >= 0.3 is 5.69 Å². The molecule has 10 heteroatoms. The molecule has 0 saturated carbocycles. The van der Waals surface area contributed by atoms with Crippen molar-refractivity contribution in [3.63, 3.8) is 0 Å². The second-order valence-corrected chi connectivity index (χ2v) is 5.86. The molecule has 0 radical (unpaired) electrons. The predicted octanol–water partition coefficient (Wildman–Crippen LogP) is 1.64. The fraction of sp³-hybridized carbons (Fsp3) is 0.222. The van der Waals surface area contributed by atoms with Crippen molar-refractivity contribution < 1.29 is 4.92 Å². The second kappa shape index (κ2) is 5.36. The van der Waals surface area contributed by atoms with Crippen LogP contribution < -0.4 is 10.6 Å². The van der Waals surface area contributed by atoms with Crippen molar-refractivity contribution in [2.45, 2.75) is 9.37 Å². The number of hydrogen-bond acceptors (Lipinski definition) is 9. The Bertz CT molecular complexity index is 615. The Morgan fingerprint density at radius 1 is 1.42 bits per heavy atom. The van der Waals surface area contributed by atoms with Gasteiger partial charge in [0, 0.05) is 20.2 Å². The molecule has 0 aliphatic rings. The lowest BCUT2D eigenvalue weighted by molar-refractivity contribution is -0.388. The second-order valence-electron chi connectivity index (χ2n) is 3.66. The zero-order valence-corrected chi connectivity index (χ0v) is 11.7. The summed E-state index contributed by atoms with van der Waals surface area (Å²) in [6.45, 7) is 0. The van der Waals surface area contributed by atoms with Gasteiger partial charge in [0.2, 0.25) is 5.13 Å². The lowest BCUT2D eigenvalue weighted by Crippen LogP contribution is -2.07. The van der Waals surface area contributed by atoms with Crippen LogP contribution in [0.1, 0.15) is 0 Å². The number of nitrogen functional groups attached to an aromatic ring is 1. The van der Waals surface area contributed by atoms with E-state index in [1.54, 1.807) is 0 Å². The lowest BCUT2D eigenvalue weighted by Gasteiger charge is -2.03. The maximum absolute atomic E-state index is 10.9. The highest BCUT2D eigenvalue weighted by molar-refractivity contribution is 8.01. The van der Waals surface area contributed by atoms with Crippen molar-refractivity contribution in [2.24, 2.45) is 0 Å². The van der Waals surface area contributed by atoms with Crippen LogP contribution >= 0.6 is 23.1 Å². The van der Waals surface area contributed by atoms with Crippen molar-refractivity contribution in [2.75, 3.05) is 24.7 Å². The Morgan fingerprint density at radius 2 is 2.16 bits per heavy atom. The summed E-state index contributed by atoms with van der Waals surface area (Å²) in [5.41, 5.74) is 5.45. The highest BCUT2D eigenvalue weighted by Crippen LogP contribution is 2.36. The van der Waals surface area contributed by atoms with Gasteiger partial charge in [0.25, 0.3) is 0 Å². The first kappa shape index (κ1) is 13.5. The van der Waals surface area contributed by atoms with Crippen molar-refractivity contribution in [1.29, 1.82) is 0 Å². The molecule has 0 atom stereocenters. The fourth-order valence-electron chi connectivity index (χ4n) is 1.17. The van der Waals surface area contributed by atoms with Crippen molar-refractivity contribution >= 4 is 39.7 Å². The van der Waals surface area contributed by atoms with E-state index in [1.165, 1.54) is 23.5 Å². The Balaban J connectivity index is 2.31. The quantitative estimate of drug-likeness (QED) is 0.669. The zero-order chi connectivity index (χ0) is 14.0. The van der Waals surface area contributed by atoms with Gasteiger partial charge in [-0.3, -0.25) is 10.1 Å². The molecule has 2 N–H and O–H groups in total. The number of anilines is 2. The topological polar surface area (TPSA) is 111 Å². The van der Waals surface area contributed by atoms with Gasteiger partial charge in [-0.05, 0) is 17.8 Å². The van der Waals surface area contributed by atoms with Crippen LogP contribution in [0.4, 0.5) is 16.6 Å². The van der Waals surface area contributed by atoms with Gasteiger partial charge in [-0.1, -0.05) is 11.3 Å². The first-order chi connectivity index (χ1) is 8.97. The number of pyridine rings is 1. The molecule has 100 valence electrons. The number of nitro groups is 1. The Labute approximate surface area is 116 Å². The molecule has 0 aliphatic heterocycles. The number of aromatic nitrogens is 3. The van der Waals surface area contributed by atoms with Gasteiger partial charge in [-0.2, -0.15) is 0 Å². The van der Waals surface area contributed by atoms with E-state index in [2.05, 4.69) is 15.2 Å². The van der Waals surface area contributed by atoms with Crippen LogP contribution in [0.3, 0.4) is 0 Å². The smallest absolute Gasteiger partial charge is 0.301 e. The van der Waals surface area contributed by atoms with Crippen LogP contribution in [0.2, 0.25) is 0 Å². The van der Waals surface area contributed by atoms with Gasteiger partial charge in [-0.25, -0.2) is 4.98 Å². The first-order valence-corrected chi connectivity index (χ1v) is 6.70. The minimum Gasteiger partial charge on any atom is -0.384 e. The van der Waals surface area contributed by atoms with Crippen LogP contribution in [-0.4, -0.2) is 34.2 Å². The van der Waals surface area contributed by atoms with Gasteiger partial charge in [0.1, 0.15) is 5.82 Å². The summed E-state index contributed by atoms with van der Waals surface area (Å²) in [5, 5.41) is 19.7. The first-order valence-electron chi connectivity index (χ1n) is 5.07. The monoisotopic (exact) mass is 298 g/mol. The highest BCUT2D eigenvalue weighted by Gasteiger charge is 2.19. The highest BCUT2D eigenvalue weighted by atomic mass is 32.2. The fourth-order valence-corrected chi connectivity index (χ4v) is 2.94. The van der Waals surface area contributed by atoms with Crippen molar-refractivity contribution in [3.05, 3.63) is 22.2 Å². The van der Waals surface area contributed by atoms with E-state index in [0.717, 1.165) is 11.8 Å². The number of hydrogen-bond donors (Lipinski definition) is 1. The molecule has 0 unspecified atom stereocenters. The van der Waals surface area contributed by atoms with Crippen LogP contribution in [0, 0.1) is 10.1 Å². The van der Waals surface area contributed by atoms with Crippen LogP contribution in [-0.2, 0) is 0 Å². The summed E-state index contributed by atoms with van der Waals surface area (Å²) < 4.78 is 0.574. The third kappa shape index (κ3) is 3.09. The molecule has 2 aromatic rings. The summed E-state index contributed by atoms with van der Waals surface area (Å²) in [7, 11) is 3.69. The van der Waals surface area contributed by atoms with Crippen LogP contribution in [0.15, 0.2) is 21.5 Å². The molecule has 0 saturated heterocycles. The third-order valence-electron chi connectivity index (χ3n) is 2.02. The summed E-state index contributed by atoms with van der Waals surface area (Å²) in [6.07, 6.45) is 0. The summed E-state index contributed by atoms with van der Waals surface area (Å²) >= 11 is 2.41. The molecule has 2 heterocycles. The predicted molar refractivity (Wildman–Crippen MR) is 73.7 cm³/mol. The van der Waals surface area contributed by atoms with Crippen LogP contribution in [0.25, 0.3) is 0 Å². The average Bonchev–Trinajstić information content (AvgIpc) is 2.77. The molecule has 0 spiro atoms. The van der Waals surface area contributed by atoms with Gasteiger partial charge < -0.3 is 10.6 Å². The number of rotatable bonds is 4. The zero-order valence-electron chi connectivity index (χ0n) is 10.1. The number of nitrogens with two attached hydrogens (primary N) is 1. The molecule has 19 heavy (non-hydrogen) atoms. The Kier molecular flexibility index (Phi) is 3.81. The van der Waals surface area contributed by atoms with E-state index in [4.69, 9.17) is 5.73 Å². The SMILES string of the molecule is CN(C)c1nnc(Sc2nc(N)ccc2[N+](=O)[O-])s1. The molecule has 2 aromatic heterocycles. The van der Waals surface area contributed by atoms with Crippen molar-refractivity contribution in [1.82, 2.24) is 15.2 Å². The van der Waals surface area contributed by atoms with E-state index >= 15 is 0 Å². The molecule has 8 nitrogen and oxygen atoms in total. The molecule has 0 amide bonds. The van der Waals surface area contributed by atoms with E-state index in [9.17, 15) is 10.1 Å². The van der Waals surface area contributed by atoms with E-state index in [0.29, 0.717) is 9.47 Å². The molecule has 0 fully saturated rings. The minimum atomic E-state index is -0.497. The molecule has 0 aliphatic carbocycles. The Morgan fingerprint density at radius 3 is 2.74 bits per heavy atom. The lowest BCUT2D eigenvalue weighted by atomic mass is 10.4. The van der Waals surface area contributed by atoms with Gasteiger partial charge in [-0.15, -0.1) is 10.2 Å². The third-order valence-corrected chi connectivity index (χ3v) is 4.16. The van der Waals surface area contributed by atoms with Crippen LogP contribution in [0.5, 0.6) is 0 Å². The van der Waals surface area contributed by atoms with E-state index in [1.807, 2.05) is 19.0 Å². The normalized spacial score (nSPS) is 10.4. The number of nitrogens with zero attached hydrogens (tertiary/aromatic N) is 5. The van der Waals surface area contributed by atoms with Gasteiger partial charge in [0.05, 0.1) is 4.92 Å². The molecule has 0 bridgehead atoms. The summed E-state index contributed by atoms with van der Waals surface area (Å²) in [4.78, 5) is 16.2. The van der Waals surface area contributed by atoms with E-state index in [-0.39, 0.29) is 16.5 Å². The largest absolute Gasteiger partial charge is 0.384 e. The molecule has 2 rings (SSSR count). The van der Waals surface area contributed by atoms with E-state index < -0.39 is 4.92 Å². The maximum Gasteiger partial charge on any atom is 0.301 e. The molecule has 0 aromatic carbocycles. The van der Waals surface area contributed by atoms with Gasteiger partial charge in [0.15, 0.2) is 9.37 Å². The average molecular weight is 298 g/mol. The molecular weight excluding hydrogens is 288 g/mol. The minimum absolute atomic E-state index is 0.0965.